The van der Waals surface area contributed by atoms with Crippen LogP contribution in [-0.2, 0) is 19.2 Å². The van der Waals surface area contributed by atoms with Crippen LogP contribution in [0.1, 0.15) is 62.3 Å². The first-order valence-electron chi connectivity index (χ1n) is 8.23. The molecule has 0 fully saturated rings. The molecule has 1 rings (SSSR count). The fraction of sp³-hybridized carbons (Fsp3) is 0.600. The van der Waals surface area contributed by atoms with Crippen molar-refractivity contribution in [3.05, 3.63) is 24.8 Å². The summed E-state index contributed by atoms with van der Waals surface area (Å²) in [5, 5.41) is 0. The molecule has 0 aromatic carbocycles. The van der Waals surface area contributed by atoms with Gasteiger partial charge in [-0.3, -0.25) is 24.1 Å². The third-order valence-corrected chi connectivity index (χ3v) is 3.12. The first-order chi connectivity index (χ1) is 11.0. The predicted octanol–water partition coefficient (Wildman–Crippen LogP) is 3.97. The van der Waals surface area contributed by atoms with Gasteiger partial charge in [-0.25, -0.2) is 0 Å². The van der Waals surface area contributed by atoms with Crippen LogP contribution in [0.25, 0.3) is 0 Å². The van der Waals surface area contributed by atoms with E-state index in [2.05, 4.69) is 6.58 Å². The van der Waals surface area contributed by atoms with Gasteiger partial charge in [0.05, 0.1) is 0 Å². The zero-order valence-electron chi connectivity index (χ0n) is 16.0. The van der Waals surface area contributed by atoms with E-state index in [-0.39, 0.29) is 42.9 Å². The second-order valence-corrected chi connectivity index (χ2v) is 6.21. The summed E-state index contributed by atoms with van der Waals surface area (Å²) >= 11 is 0. The summed E-state index contributed by atoms with van der Waals surface area (Å²) in [7, 11) is 0. The van der Waals surface area contributed by atoms with Crippen LogP contribution in [0.5, 0.6) is 0 Å². The second kappa shape index (κ2) is 14.3. The summed E-state index contributed by atoms with van der Waals surface area (Å²) < 4.78 is 0. The van der Waals surface area contributed by atoms with E-state index >= 15 is 0 Å². The fourth-order valence-electron chi connectivity index (χ4n) is 1.56. The van der Waals surface area contributed by atoms with Crippen molar-refractivity contribution in [2.24, 2.45) is 11.8 Å². The Morgan fingerprint density at radius 3 is 1.48 bits per heavy atom. The van der Waals surface area contributed by atoms with Gasteiger partial charge in [-0.2, -0.15) is 0 Å². The summed E-state index contributed by atoms with van der Waals surface area (Å²) in [4.78, 5) is 43.8. The highest BCUT2D eigenvalue weighted by molar-refractivity contribution is 6.13. The van der Waals surface area contributed by atoms with Gasteiger partial charge in [0.15, 0.2) is 5.78 Å². The van der Waals surface area contributed by atoms with Crippen molar-refractivity contribution >= 4 is 23.4 Å². The van der Waals surface area contributed by atoms with E-state index in [9.17, 15) is 19.2 Å². The number of amides is 2. The van der Waals surface area contributed by atoms with Crippen LogP contribution < -0.4 is 0 Å². The Labute approximate surface area is 153 Å². The Kier molecular flexibility index (Phi) is 15.9. The highest BCUT2D eigenvalue weighted by Crippen LogP contribution is 2.07. The molecule has 5 nitrogen and oxygen atoms in total. The van der Waals surface area contributed by atoms with Crippen LogP contribution in [-0.4, -0.2) is 34.3 Å². The molecule has 0 bridgehead atoms. The number of Topliss-reactive ketones (excluding diaryl/α,β-unsaturated/α-hetero) is 1. The molecular weight excluding hydrogens is 318 g/mol. The largest absolute Gasteiger partial charge is 0.299 e. The molecule has 0 radical (unpaired) electrons. The zero-order chi connectivity index (χ0) is 19.4. The van der Waals surface area contributed by atoms with Crippen molar-refractivity contribution in [2.75, 3.05) is 0 Å². The molecule has 0 saturated carbocycles. The Balaban J connectivity index is -0.000000293. The van der Waals surface area contributed by atoms with E-state index in [0.29, 0.717) is 12.2 Å². The van der Waals surface area contributed by atoms with Crippen LogP contribution in [0, 0.1) is 11.8 Å². The molecular formula is C20H35NO4. The maximum atomic E-state index is 10.8. The van der Waals surface area contributed by atoms with Crippen LogP contribution in [0.4, 0.5) is 0 Å². The van der Waals surface area contributed by atoms with Gasteiger partial charge in [-0.1, -0.05) is 48.6 Å². The van der Waals surface area contributed by atoms with Crippen molar-refractivity contribution in [2.45, 2.75) is 68.4 Å². The molecule has 0 saturated heterocycles. The SMILES string of the molecule is C.C=CC(=O)C(C)C.CC(C)N1C(=O)C=CC1=O.CCC(=O)C(C)C. The molecule has 0 N–H and O–H groups in total. The third-order valence-electron chi connectivity index (χ3n) is 3.12. The zero-order valence-corrected chi connectivity index (χ0v) is 16.0. The fourth-order valence-corrected chi connectivity index (χ4v) is 1.56. The van der Waals surface area contributed by atoms with E-state index < -0.39 is 0 Å². The van der Waals surface area contributed by atoms with E-state index in [0.717, 1.165) is 0 Å². The first-order valence-corrected chi connectivity index (χ1v) is 8.23. The topological polar surface area (TPSA) is 71.5 Å². The first kappa shape index (κ1) is 27.8. The molecule has 0 atom stereocenters. The average molecular weight is 354 g/mol. The lowest BCUT2D eigenvalue weighted by Crippen LogP contribution is -2.36. The van der Waals surface area contributed by atoms with Gasteiger partial charge in [-0.05, 0) is 19.9 Å². The highest BCUT2D eigenvalue weighted by atomic mass is 16.2. The summed E-state index contributed by atoms with van der Waals surface area (Å²) in [5.74, 6) is 0.377. The lowest BCUT2D eigenvalue weighted by atomic mass is 10.1. The number of carbonyl (C=O) groups is 4. The minimum absolute atomic E-state index is 0. The Morgan fingerprint density at radius 1 is 1.00 bits per heavy atom. The van der Waals surface area contributed by atoms with Crippen LogP contribution in [0.15, 0.2) is 24.8 Å². The molecule has 0 aliphatic carbocycles. The minimum atomic E-state index is -0.208. The molecule has 0 spiro atoms. The lowest BCUT2D eigenvalue weighted by molar-refractivity contribution is -0.138. The molecule has 1 aliphatic rings. The summed E-state index contributed by atoms with van der Waals surface area (Å²) in [6.45, 7) is 16.4. The van der Waals surface area contributed by atoms with Crippen molar-refractivity contribution < 1.29 is 19.2 Å². The normalized spacial score (nSPS) is 12.3. The number of hydrogen-bond acceptors (Lipinski definition) is 4. The third kappa shape index (κ3) is 12.0. The van der Waals surface area contributed by atoms with E-state index in [1.54, 1.807) is 0 Å². The number of hydrogen-bond donors (Lipinski definition) is 0. The van der Waals surface area contributed by atoms with Crippen LogP contribution >= 0.6 is 0 Å². The molecule has 5 heteroatoms. The maximum Gasteiger partial charge on any atom is 0.253 e. The maximum absolute atomic E-state index is 10.8. The summed E-state index contributed by atoms with van der Waals surface area (Å²) in [5.41, 5.74) is 0. The van der Waals surface area contributed by atoms with Gasteiger partial charge in [-0.15, -0.1) is 0 Å². The van der Waals surface area contributed by atoms with Crippen molar-refractivity contribution in [1.29, 1.82) is 0 Å². The average Bonchev–Trinajstić information content (AvgIpc) is 2.85. The second-order valence-electron chi connectivity index (χ2n) is 6.21. The number of allylic oxidation sites excluding steroid dienone is 1. The number of imide groups is 1. The Hall–Kier alpha value is -2.04. The molecule has 1 aliphatic heterocycles. The van der Waals surface area contributed by atoms with Gasteiger partial charge in [0, 0.05) is 36.5 Å². The number of nitrogens with zero attached hydrogens (tertiary/aromatic N) is 1. The number of rotatable bonds is 5. The number of carbonyl (C=O) groups excluding carboxylic acids is 4. The van der Waals surface area contributed by atoms with Crippen LogP contribution in [0.2, 0.25) is 0 Å². The molecule has 144 valence electrons. The van der Waals surface area contributed by atoms with E-state index in [1.165, 1.54) is 23.1 Å². The van der Waals surface area contributed by atoms with Gasteiger partial charge in [0.25, 0.3) is 11.8 Å². The van der Waals surface area contributed by atoms with Crippen molar-refractivity contribution in [1.82, 2.24) is 4.90 Å². The van der Waals surface area contributed by atoms with Crippen molar-refractivity contribution in [3.63, 3.8) is 0 Å². The molecule has 25 heavy (non-hydrogen) atoms. The molecule has 0 unspecified atom stereocenters. The van der Waals surface area contributed by atoms with Crippen molar-refractivity contribution in [3.8, 4) is 0 Å². The smallest absolute Gasteiger partial charge is 0.253 e. The van der Waals surface area contributed by atoms with Gasteiger partial charge >= 0.3 is 0 Å². The van der Waals surface area contributed by atoms with Gasteiger partial charge in [0.2, 0.25) is 0 Å². The quantitative estimate of drug-likeness (QED) is 0.554. The summed E-state index contributed by atoms with van der Waals surface area (Å²) in [6, 6.07) is -0.0324. The standard InChI is InChI=1S/C7H9NO2.C6H12O.C6H10O.CH4/c1-5(2)8-6(9)3-4-7(8)10;2*1-4-6(7)5(2)3;/h3-5H,1-2H3;5H,4H2,1-3H3;4-5H,1H2,2-3H3;1H4. The molecule has 0 aromatic rings. The minimum Gasteiger partial charge on any atom is -0.299 e. The van der Waals surface area contributed by atoms with E-state index in [4.69, 9.17) is 0 Å². The number of ketones is 2. The Bertz CT molecular complexity index is 470. The lowest BCUT2D eigenvalue weighted by Gasteiger charge is -2.17. The van der Waals surface area contributed by atoms with E-state index in [1.807, 2.05) is 48.5 Å². The van der Waals surface area contributed by atoms with Gasteiger partial charge < -0.3 is 0 Å². The predicted molar refractivity (Wildman–Crippen MR) is 103 cm³/mol. The highest BCUT2D eigenvalue weighted by Gasteiger charge is 2.25. The Morgan fingerprint density at radius 2 is 1.40 bits per heavy atom. The molecule has 2 amide bonds. The monoisotopic (exact) mass is 353 g/mol. The molecule has 1 heterocycles. The van der Waals surface area contributed by atoms with Crippen LogP contribution in [0.3, 0.4) is 0 Å². The molecule has 0 aromatic heterocycles. The van der Waals surface area contributed by atoms with Gasteiger partial charge in [0.1, 0.15) is 5.78 Å². The summed E-state index contributed by atoms with van der Waals surface area (Å²) in [6.07, 6.45) is 4.62.